The van der Waals surface area contributed by atoms with Crippen LogP contribution in [0, 0.1) is 51.2 Å². The Morgan fingerprint density at radius 1 is 0.947 bits per heavy atom. The first-order chi connectivity index (χ1) is 26.8. The predicted molar refractivity (Wildman–Crippen MR) is 209 cm³/mol. The molecule has 57 heavy (non-hydrogen) atoms. The minimum absolute atomic E-state index is 0.0453. The van der Waals surface area contributed by atoms with E-state index in [9.17, 15) is 40.9 Å². The van der Waals surface area contributed by atoms with Crippen LogP contribution in [0.3, 0.4) is 0 Å². The van der Waals surface area contributed by atoms with Crippen molar-refractivity contribution in [3.05, 3.63) is 46.6 Å². The number of carbonyl (C=O) groups is 1. The van der Waals surface area contributed by atoms with Crippen molar-refractivity contribution < 1.29 is 50.4 Å². The third-order valence-corrected chi connectivity index (χ3v) is 19.5. The summed E-state index contributed by atoms with van der Waals surface area (Å²) in [5.41, 5.74) is -6.83. The number of aliphatic hydroxyl groups excluding tert-OH is 3. The summed E-state index contributed by atoms with van der Waals surface area (Å²) < 4.78 is 7.37. The lowest BCUT2D eigenvalue weighted by molar-refractivity contribution is -0.248. The summed E-state index contributed by atoms with van der Waals surface area (Å²) >= 11 is 0. The van der Waals surface area contributed by atoms with E-state index >= 15 is 4.79 Å². The molecule has 9 N–H and O–H groups in total. The monoisotopic (exact) mass is 789 g/mol. The molecule has 1 heterocycles. The number of phenolic OH excluding ortho intramolecular Hbond substituents is 2. The first-order valence-corrected chi connectivity index (χ1v) is 21.8. The fourth-order valence-corrected chi connectivity index (χ4v) is 16.8. The van der Waals surface area contributed by atoms with Crippen molar-refractivity contribution in [2.75, 3.05) is 19.7 Å². The highest BCUT2D eigenvalue weighted by atomic mass is 16.6. The average Bonchev–Trinajstić information content (AvgIpc) is 3.38. The summed E-state index contributed by atoms with van der Waals surface area (Å²) in [6.07, 6.45) is 4.92. The molecule has 6 saturated carbocycles. The molecule has 1 aromatic carbocycles. The number of ketones is 1. The largest absolute Gasteiger partial charge is 0.508 e. The van der Waals surface area contributed by atoms with Crippen LogP contribution in [0.5, 0.6) is 11.5 Å². The molecule has 0 aromatic heterocycles. The Hall–Kier alpha value is -2.35. The Morgan fingerprint density at radius 2 is 1.70 bits per heavy atom. The van der Waals surface area contributed by atoms with Crippen molar-refractivity contribution >= 4 is 5.78 Å². The number of ether oxygens (including phenoxy) is 1. The lowest BCUT2D eigenvalue weighted by Crippen LogP contribution is -2.71. The first-order valence-electron chi connectivity index (χ1n) is 21.8. The number of nitrogens with one attached hydrogen (secondary N) is 1. The van der Waals surface area contributed by atoms with Gasteiger partial charge in [0.05, 0.1) is 23.9 Å². The van der Waals surface area contributed by atoms with Crippen LogP contribution in [-0.4, -0.2) is 107 Å². The van der Waals surface area contributed by atoms with E-state index in [-0.39, 0.29) is 60.4 Å². The molecule has 0 amide bonds. The van der Waals surface area contributed by atoms with E-state index in [0.29, 0.717) is 61.8 Å². The molecule has 11 nitrogen and oxygen atoms in total. The van der Waals surface area contributed by atoms with Gasteiger partial charge in [-0.3, -0.25) is 4.79 Å². The van der Waals surface area contributed by atoms with Gasteiger partial charge in [-0.25, -0.2) is 0 Å². The molecule has 17 atom stereocenters. The molecule has 0 radical (unpaired) electrons. The summed E-state index contributed by atoms with van der Waals surface area (Å²) in [5.74, 6) is -3.97. The van der Waals surface area contributed by atoms with Gasteiger partial charge in [0.2, 0.25) is 0 Å². The van der Waals surface area contributed by atoms with E-state index in [2.05, 4.69) is 25.2 Å². The van der Waals surface area contributed by atoms with Crippen molar-refractivity contribution in [3.63, 3.8) is 0 Å². The van der Waals surface area contributed by atoms with Gasteiger partial charge in [0.25, 0.3) is 0 Å². The maximum atomic E-state index is 15.1. The van der Waals surface area contributed by atoms with Crippen LogP contribution >= 0.6 is 0 Å². The summed E-state index contributed by atoms with van der Waals surface area (Å²) in [4.78, 5) is 15.1. The second-order valence-electron chi connectivity index (χ2n) is 21.1. The van der Waals surface area contributed by atoms with Gasteiger partial charge in [-0.2, -0.15) is 0 Å². The van der Waals surface area contributed by atoms with Crippen LogP contribution in [-0.2, 0) is 16.0 Å². The number of rotatable bonds is 5. The summed E-state index contributed by atoms with van der Waals surface area (Å²) in [6.45, 7) is 11.3. The standard InChI is InChI=1S/C46H63NO10/c1-6-47-22-24-18-39(3)10-9-29(24)46(38(53)23(39)2)43(54,13-14-48)37-32(57-46)20-44(55)33-17-31(51)36-35-28-15-26(49)16-30(50)27(28)8-7-25-19-42(33,12-11-40(37,44)4)41(36,5)21-34(52)45(25,35)56/h15-18,23,25,29,32,34-38,47-50,52-56H,6-14,19-22H2,1-5H3/t23-,25-,29+,32+,34+,35-,36-,37+,38+,39-,40-,41+,42-,43-,44-,45+,46+/m1/s1. The molecule has 2 spiro atoms. The number of fused-ring (bicyclic) bond motifs is 8. The Bertz CT molecular complexity index is 2000. The van der Waals surface area contributed by atoms with Crippen LogP contribution in [0.1, 0.15) is 109 Å². The van der Waals surface area contributed by atoms with Crippen molar-refractivity contribution in [1.29, 1.82) is 0 Å². The summed E-state index contributed by atoms with van der Waals surface area (Å²) in [7, 11) is 0. The highest BCUT2D eigenvalue weighted by Gasteiger charge is 2.85. The molecule has 1 saturated heterocycles. The zero-order chi connectivity index (χ0) is 40.7. The predicted octanol–water partition coefficient (Wildman–Crippen LogP) is 3.53. The van der Waals surface area contributed by atoms with Gasteiger partial charge >= 0.3 is 0 Å². The molecule has 1 aromatic rings. The van der Waals surface area contributed by atoms with Crippen LogP contribution < -0.4 is 5.32 Å². The number of hydrogen-bond donors (Lipinski definition) is 9. The minimum Gasteiger partial charge on any atom is -0.508 e. The highest BCUT2D eigenvalue weighted by Crippen LogP contribution is 2.81. The molecular formula is C46H63NO10. The van der Waals surface area contributed by atoms with E-state index in [1.165, 1.54) is 6.07 Å². The number of carbonyl (C=O) groups excluding carboxylic acids is 1. The molecular weight excluding hydrogens is 727 g/mol. The third kappa shape index (κ3) is 4.15. The SMILES string of the molecule is CCNCC1=C[C@@]2(C)CC[C@@H]1[C@]1(O[C@H]3C[C@@]4(O)C5=CC(=O)[C@@H]6[C@H]7c8cc(O)cc(O)c8CC[C@@H]8C[C@@]5(CC[C@]4(C)[C@H]3[C@]1(O)CCO)[C@@]6(C)C[C@H](O)[C@@]87O)[C@@H](O)[C@H]2C. The number of phenols is 2. The van der Waals surface area contributed by atoms with Gasteiger partial charge in [0.15, 0.2) is 5.78 Å². The fourth-order valence-electron chi connectivity index (χ4n) is 16.8. The molecule has 12 rings (SSSR count). The van der Waals surface area contributed by atoms with E-state index in [1.807, 2.05) is 20.8 Å². The fraction of sp³-hybridized carbons (Fsp3) is 0.761. The van der Waals surface area contributed by atoms with Gasteiger partial charge in [0, 0.05) is 66.6 Å². The molecule has 11 heteroatoms. The average molecular weight is 790 g/mol. The number of benzene rings is 1. The molecule has 7 fully saturated rings. The maximum absolute atomic E-state index is 15.1. The molecule has 11 aliphatic rings. The van der Waals surface area contributed by atoms with Gasteiger partial charge in [-0.05, 0) is 109 Å². The number of likely N-dealkylation sites (N-methyl/N-ethyl adjacent to an activating group) is 1. The lowest BCUT2D eigenvalue weighted by Gasteiger charge is -2.67. The van der Waals surface area contributed by atoms with Crippen LogP contribution in [0.2, 0.25) is 0 Å². The minimum atomic E-state index is -1.74. The van der Waals surface area contributed by atoms with E-state index in [4.69, 9.17) is 4.74 Å². The van der Waals surface area contributed by atoms with Crippen LogP contribution in [0.25, 0.3) is 0 Å². The Balaban J connectivity index is 1.13. The van der Waals surface area contributed by atoms with Gasteiger partial charge < -0.3 is 50.9 Å². The summed E-state index contributed by atoms with van der Waals surface area (Å²) in [6, 6.07) is 2.84. The lowest BCUT2D eigenvalue weighted by atomic mass is 9.38. The second-order valence-corrected chi connectivity index (χ2v) is 21.1. The van der Waals surface area contributed by atoms with Gasteiger partial charge in [-0.1, -0.05) is 46.3 Å². The van der Waals surface area contributed by atoms with Crippen LogP contribution in [0.15, 0.2) is 35.4 Å². The number of hydrogen-bond acceptors (Lipinski definition) is 11. The number of aromatic hydroxyl groups is 2. The normalized spacial score (nSPS) is 53.9. The Kier molecular flexibility index (Phi) is 7.98. The van der Waals surface area contributed by atoms with E-state index in [0.717, 1.165) is 18.5 Å². The van der Waals surface area contributed by atoms with Crippen molar-refractivity contribution in [2.24, 2.45) is 51.2 Å². The topological polar surface area (TPSA) is 200 Å². The highest BCUT2D eigenvalue weighted by molar-refractivity contribution is 5.96. The molecule has 312 valence electrons. The quantitative estimate of drug-likeness (QED) is 0.198. The smallest absolute Gasteiger partial charge is 0.160 e. The first kappa shape index (κ1) is 38.8. The van der Waals surface area contributed by atoms with Crippen molar-refractivity contribution in [3.8, 4) is 11.5 Å². The van der Waals surface area contributed by atoms with Gasteiger partial charge in [0.1, 0.15) is 28.3 Å². The zero-order valence-corrected chi connectivity index (χ0v) is 34.1. The summed E-state index contributed by atoms with van der Waals surface area (Å²) in [5, 5.41) is 101. The zero-order valence-electron chi connectivity index (χ0n) is 34.1. The van der Waals surface area contributed by atoms with Gasteiger partial charge in [-0.15, -0.1) is 0 Å². The molecule has 10 aliphatic carbocycles. The molecule has 1 aliphatic heterocycles. The number of allylic oxidation sites excluding steroid dienone is 2. The number of aliphatic hydroxyl groups is 6. The second kappa shape index (κ2) is 11.7. The van der Waals surface area contributed by atoms with Crippen molar-refractivity contribution in [2.45, 2.75) is 145 Å². The third-order valence-electron chi connectivity index (χ3n) is 19.5. The molecule has 0 unspecified atom stereocenters. The van der Waals surface area contributed by atoms with E-state index in [1.54, 1.807) is 12.1 Å². The van der Waals surface area contributed by atoms with Crippen molar-refractivity contribution in [1.82, 2.24) is 5.32 Å². The maximum Gasteiger partial charge on any atom is 0.160 e. The molecule has 8 bridgehead atoms. The van der Waals surface area contributed by atoms with Crippen LogP contribution in [0.4, 0.5) is 0 Å². The van der Waals surface area contributed by atoms with E-state index < -0.39 is 80.6 Å². The Morgan fingerprint density at radius 3 is 2.42 bits per heavy atom. The Labute approximate surface area is 335 Å².